The average Bonchev–Trinajstić information content (AvgIpc) is 2.71. The number of phenols is 2. The molecule has 1 aliphatic rings. The van der Waals surface area contributed by atoms with E-state index in [-0.39, 0.29) is 44.5 Å². The van der Waals surface area contributed by atoms with Crippen molar-refractivity contribution < 1.29 is 43.2 Å². The van der Waals surface area contributed by atoms with Crippen LogP contribution in [0.3, 0.4) is 0 Å². The van der Waals surface area contributed by atoms with Crippen molar-refractivity contribution in [2.45, 2.75) is 26.7 Å². The van der Waals surface area contributed by atoms with Gasteiger partial charge in [0.15, 0.2) is 0 Å². The molecule has 32 heavy (non-hydrogen) atoms. The summed E-state index contributed by atoms with van der Waals surface area (Å²) in [5.74, 6) is 0.394. The SMILES string of the molecule is Cc1cc2c(O)c(c1)C=NCCCN=Cc1cc(C)cc(c1O)C=NCCCN=C2.[Ni].[Ni]. The molecule has 1 heterocycles. The van der Waals surface area contributed by atoms with Gasteiger partial charge in [-0.25, -0.2) is 0 Å². The minimum atomic E-state index is 0. The fourth-order valence-corrected chi connectivity index (χ4v) is 3.22. The minimum absolute atomic E-state index is 0. The van der Waals surface area contributed by atoms with Crippen LogP contribution in [-0.2, 0) is 33.0 Å². The molecule has 2 aromatic rings. The zero-order valence-electron chi connectivity index (χ0n) is 18.2. The van der Waals surface area contributed by atoms with Gasteiger partial charge in [0.2, 0.25) is 0 Å². The molecule has 0 saturated heterocycles. The van der Waals surface area contributed by atoms with E-state index in [9.17, 15) is 10.2 Å². The molecule has 6 nitrogen and oxygen atoms in total. The molecule has 4 bridgehead atoms. The molecule has 0 fully saturated rings. The molecule has 0 saturated carbocycles. The minimum Gasteiger partial charge on any atom is -0.507 e. The predicted molar refractivity (Wildman–Crippen MR) is 125 cm³/mol. The fraction of sp³-hybridized carbons (Fsp3) is 0.333. The van der Waals surface area contributed by atoms with Gasteiger partial charge in [-0.1, -0.05) is 0 Å². The second-order valence-corrected chi connectivity index (χ2v) is 7.43. The summed E-state index contributed by atoms with van der Waals surface area (Å²) in [7, 11) is 0. The van der Waals surface area contributed by atoms with Crippen LogP contribution in [0, 0.1) is 13.8 Å². The maximum Gasteiger partial charge on any atom is 0.133 e. The molecule has 0 amide bonds. The van der Waals surface area contributed by atoms with Gasteiger partial charge in [-0.15, -0.1) is 0 Å². The number of hydrogen-bond acceptors (Lipinski definition) is 6. The van der Waals surface area contributed by atoms with E-state index in [1.54, 1.807) is 24.9 Å². The Hall–Kier alpha value is -2.29. The van der Waals surface area contributed by atoms with E-state index in [0.717, 1.165) is 24.0 Å². The third-order valence-electron chi connectivity index (χ3n) is 4.70. The molecule has 2 N–H and O–H groups in total. The van der Waals surface area contributed by atoms with Gasteiger partial charge in [-0.2, -0.15) is 0 Å². The molecule has 2 aromatic carbocycles. The van der Waals surface area contributed by atoms with Crippen molar-refractivity contribution in [3.63, 3.8) is 0 Å². The van der Waals surface area contributed by atoms with Gasteiger partial charge in [0.05, 0.1) is 0 Å². The quantitative estimate of drug-likeness (QED) is 0.515. The van der Waals surface area contributed by atoms with Crippen molar-refractivity contribution in [3.05, 3.63) is 57.6 Å². The Bertz CT molecular complexity index is 866. The van der Waals surface area contributed by atoms with Crippen LogP contribution in [0.2, 0.25) is 0 Å². The normalized spacial score (nSPS) is 14.3. The van der Waals surface area contributed by atoms with E-state index in [1.165, 1.54) is 0 Å². The van der Waals surface area contributed by atoms with Crippen LogP contribution in [0.1, 0.15) is 46.2 Å². The zero-order valence-corrected chi connectivity index (χ0v) is 20.2. The van der Waals surface area contributed by atoms with Crippen LogP contribution in [0.25, 0.3) is 0 Å². The van der Waals surface area contributed by atoms with Crippen molar-refractivity contribution >= 4 is 24.9 Å². The van der Waals surface area contributed by atoms with Crippen molar-refractivity contribution in [2.24, 2.45) is 20.0 Å². The van der Waals surface area contributed by atoms with E-state index in [0.29, 0.717) is 48.4 Å². The molecular formula is C24H28N4Ni2O2. The van der Waals surface area contributed by atoms with E-state index < -0.39 is 0 Å². The Kier molecular flexibility index (Phi) is 12.1. The molecule has 3 rings (SSSR count). The van der Waals surface area contributed by atoms with Crippen LogP contribution in [0.15, 0.2) is 44.2 Å². The number of benzene rings is 2. The van der Waals surface area contributed by atoms with Gasteiger partial charge in [0.1, 0.15) is 11.5 Å². The first-order valence-corrected chi connectivity index (χ1v) is 10.2. The second kappa shape index (κ2) is 14.0. The fourth-order valence-electron chi connectivity index (χ4n) is 3.22. The van der Waals surface area contributed by atoms with E-state index in [1.807, 2.05) is 38.1 Å². The Balaban J connectivity index is 0.00000256. The van der Waals surface area contributed by atoms with Crippen molar-refractivity contribution in [1.82, 2.24) is 0 Å². The summed E-state index contributed by atoms with van der Waals surface area (Å²) in [5, 5.41) is 21.0. The first-order chi connectivity index (χ1) is 14.5. The maximum atomic E-state index is 10.5. The first-order valence-electron chi connectivity index (χ1n) is 10.2. The smallest absolute Gasteiger partial charge is 0.133 e. The summed E-state index contributed by atoms with van der Waals surface area (Å²) in [4.78, 5) is 17.7. The summed E-state index contributed by atoms with van der Waals surface area (Å²) in [6.45, 7) is 6.39. The number of phenolic OH excluding ortho intramolecular Hbond substituents is 2. The standard InChI is InChI=1S/C24H28N4O2.2Ni/c1-17-9-19-13-25-5-3-7-27-15-21-11-18(2)12-22(24(21)30)16-28-8-4-6-26-14-20(10-17)23(19)29;;/h9-16,29-30H,3-8H2,1-2H3;;. The summed E-state index contributed by atoms with van der Waals surface area (Å²) < 4.78 is 0. The third-order valence-corrected chi connectivity index (χ3v) is 4.70. The monoisotopic (exact) mass is 520 g/mol. The number of aromatic hydroxyl groups is 2. The van der Waals surface area contributed by atoms with Crippen LogP contribution in [0.4, 0.5) is 0 Å². The Morgan fingerprint density at radius 2 is 0.781 bits per heavy atom. The number of aliphatic imine (C=N–C) groups is 4. The van der Waals surface area contributed by atoms with Crippen molar-refractivity contribution in [2.75, 3.05) is 26.2 Å². The van der Waals surface area contributed by atoms with E-state index in [4.69, 9.17) is 0 Å². The molecule has 0 aromatic heterocycles. The van der Waals surface area contributed by atoms with Gasteiger partial charge in [-0.3, -0.25) is 20.0 Å². The number of nitrogens with zero attached hydrogens (tertiary/aromatic N) is 4. The number of fused-ring (bicyclic) bond motifs is 4. The Labute approximate surface area is 209 Å². The van der Waals surface area contributed by atoms with Gasteiger partial charge in [0.25, 0.3) is 0 Å². The van der Waals surface area contributed by atoms with Crippen LogP contribution in [-0.4, -0.2) is 61.3 Å². The number of aryl methyl sites for hydroxylation is 2. The maximum absolute atomic E-state index is 10.5. The second-order valence-electron chi connectivity index (χ2n) is 7.43. The average molecular weight is 522 g/mol. The predicted octanol–water partition coefficient (Wildman–Crippen LogP) is 3.88. The molecule has 176 valence electrons. The van der Waals surface area contributed by atoms with Crippen molar-refractivity contribution in [1.29, 1.82) is 0 Å². The molecule has 1 aliphatic heterocycles. The summed E-state index contributed by atoms with van der Waals surface area (Å²) in [5.41, 5.74) is 4.85. The molecular weight excluding hydrogens is 494 g/mol. The van der Waals surface area contributed by atoms with Gasteiger partial charge in [-0.05, 0) is 62.1 Å². The van der Waals surface area contributed by atoms with Crippen LogP contribution >= 0.6 is 0 Å². The summed E-state index contributed by atoms with van der Waals surface area (Å²) in [6, 6.07) is 7.64. The molecule has 0 aliphatic carbocycles. The largest absolute Gasteiger partial charge is 0.507 e. The zero-order chi connectivity index (χ0) is 21.3. The Morgan fingerprint density at radius 1 is 0.531 bits per heavy atom. The van der Waals surface area contributed by atoms with Crippen molar-refractivity contribution in [3.8, 4) is 11.5 Å². The van der Waals surface area contributed by atoms with E-state index in [2.05, 4.69) is 20.0 Å². The first kappa shape index (κ1) is 27.7. The topological polar surface area (TPSA) is 89.9 Å². The van der Waals surface area contributed by atoms with Crippen LogP contribution < -0.4 is 0 Å². The molecule has 0 spiro atoms. The molecule has 0 unspecified atom stereocenters. The number of hydrogen-bond donors (Lipinski definition) is 2. The van der Waals surface area contributed by atoms with Gasteiger partial charge >= 0.3 is 0 Å². The van der Waals surface area contributed by atoms with E-state index >= 15 is 0 Å². The van der Waals surface area contributed by atoms with Gasteiger partial charge in [0, 0.05) is 106 Å². The Morgan fingerprint density at radius 3 is 1.03 bits per heavy atom. The summed E-state index contributed by atoms with van der Waals surface area (Å²) in [6.07, 6.45) is 8.36. The van der Waals surface area contributed by atoms with Gasteiger partial charge < -0.3 is 10.2 Å². The molecule has 0 atom stereocenters. The molecule has 0 radical (unpaired) electrons. The molecule has 8 heteroatoms. The third kappa shape index (κ3) is 8.00. The summed E-state index contributed by atoms with van der Waals surface area (Å²) >= 11 is 0. The number of rotatable bonds is 0. The van der Waals surface area contributed by atoms with Crippen LogP contribution in [0.5, 0.6) is 11.5 Å².